The molecule has 0 radical (unpaired) electrons. The quantitative estimate of drug-likeness (QED) is 0.197. The van der Waals surface area contributed by atoms with Gasteiger partial charge in [-0.3, -0.25) is 14.8 Å². The van der Waals surface area contributed by atoms with Gasteiger partial charge in [0.05, 0.1) is 21.9 Å². The Morgan fingerprint density at radius 2 is 1.98 bits per heavy atom. The van der Waals surface area contributed by atoms with Gasteiger partial charge < -0.3 is 10.1 Å². The number of carboxylic acid groups (broad SMARTS) is 1. The van der Waals surface area contributed by atoms with E-state index in [4.69, 9.17) is 15.1 Å². The van der Waals surface area contributed by atoms with E-state index in [2.05, 4.69) is 30.7 Å². The van der Waals surface area contributed by atoms with Crippen LogP contribution in [-0.4, -0.2) is 52.3 Å². The summed E-state index contributed by atoms with van der Waals surface area (Å²) in [6.07, 6.45) is 7.43. The van der Waals surface area contributed by atoms with Gasteiger partial charge >= 0.3 is 5.97 Å². The predicted octanol–water partition coefficient (Wildman–Crippen LogP) is 8.10. The largest absolute Gasteiger partial charge is 0.481 e. The van der Waals surface area contributed by atoms with Crippen LogP contribution in [0.1, 0.15) is 69.7 Å². The average molecular weight is 673 g/mol. The average Bonchev–Trinajstić information content (AvgIpc) is 3.66. The molecular weight excluding hydrogens is 632 g/mol. The van der Waals surface area contributed by atoms with Crippen LogP contribution in [0.25, 0.3) is 22.4 Å². The first-order valence-corrected chi connectivity index (χ1v) is 18.0. The zero-order valence-corrected chi connectivity index (χ0v) is 29.1. The number of aromatic amines is 1. The molecule has 8 nitrogen and oxygen atoms in total. The maximum Gasteiger partial charge on any atom is 0.306 e. The van der Waals surface area contributed by atoms with Crippen molar-refractivity contribution < 1.29 is 14.3 Å². The molecular formula is C36H41FN6O2S2. The molecule has 0 saturated heterocycles. The van der Waals surface area contributed by atoms with E-state index >= 15 is 4.39 Å². The number of halogens is 1. The maximum absolute atomic E-state index is 15.7. The number of benzene rings is 1. The lowest BCUT2D eigenvalue weighted by Gasteiger charge is -2.30. The van der Waals surface area contributed by atoms with Crippen LogP contribution in [0.5, 0.6) is 0 Å². The molecule has 5 heterocycles. The lowest BCUT2D eigenvalue weighted by atomic mass is 9.78. The van der Waals surface area contributed by atoms with Crippen LogP contribution in [0, 0.1) is 17.2 Å². The molecule has 2 unspecified atom stereocenters. The molecule has 4 bridgehead atoms. The van der Waals surface area contributed by atoms with E-state index in [9.17, 15) is 9.90 Å². The Morgan fingerprint density at radius 1 is 1.15 bits per heavy atom. The van der Waals surface area contributed by atoms with Crippen molar-refractivity contribution in [3.05, 3.63) is 83.5 Å². The van der Waals surface area contributed by atoms with Crippen LogP contribution in [0.4, 0.5) is 4.39 Å². The number of nitrogens with one attached hydrogen (secondary N) is 1. The van der Waals surface area contributed by atoms with E-state index in [-0.39, 0.29) is 11.2 Å². The Balaban J connectivity index is 1.44. The molecule has 2 N–H and O–H groups in total. The minimum Gasteiger partial charge on any atom is -0.481 e. The molecule has 4 aromatic heterocycles. The molecule has 0 saturated carbocycles. The summed E-state index contributed by atoms with van der Waals surface area (Å²) in [6.45, 7) is 8.46. The monoisotopic (exact) mass is 672 g/mol. The first kappa shape index (κ1) is 33.2. The first-order chi connectivity index (χ1) is 22.4. The van der Waals surface area contributed by atoms with Crippen molar-refractivity contribution in [1.29, 1.82) is 0 Å². The summed E-state index contributed by atoms with van der Waals surface area (Å²) in [7, 11) is 1.87. The zero-order valence-electron chi connectivity index (χ0n) is 27.5. The van der Waals surface area contributed by atoms with Crippen LogP contribution in [0.15, 0.2) is 64.6 Å². The van der Waals surface area contributed by atoms with Gasteiger partial charge in [-0.2, -0.15) is 16.9 Å². The van der Waals surface area contributed by atoms with E-state index < -0.39 is 17.3 Å². The number of pyridine rings is 2. The maximum atomic E-state index is 15.7. The van der Waals surface area contributed by atoms with Gasteiger partial charge in [0.25, 0.3) is 0 Å². The first-order valence-electron chi connectivity index (χ1n) is 16.0. The highest BCUT2D eigenvalue weighted by molar-refractivity contribution is 7.99. The number of aryl methyl sites for hydroxylation is 2. The third kappa shape index (κ3) is 7.11. The Bertz CT molecular complexity index is 1920. The molecule has 47 heavy (non-hydrogen) atoms. The van der Waals surface area contributed by atoms with Crippen molar-refractivity contribution in [2.24, 2.45) is 18.4 Å². The summed E-state index contributed by atoms with van der Waals surface area (Å²) >= 11 is 3.34. The third-order valence-corrected chi connectivity index (χ3v) is 11.7. The molecule has 0 spiro atoms. The van der Waals surface area contributed by atoms with E-state index in [1.165, 1.54) is 11.8 Å². The number of nitrogens with zero attached hydrogens (tertiary/aromatic N) is 5. The molecule has 246 valence electrons. The number of carboxylic acids is 1. The number of carbonyl (C=O) groups is 1. The van der Waals surface area contributed by atoms with E-state index in [1.54, 1.807) is 23.9 Å². The number of thioether (sulfide) groups is 1. The van der Waals surface area contributed by atoms with Crippen molar-refractivity contribution in [3.63, 3.8) is 0 Å². The molecule has 0 fully saturated rings. The van der Waals surface area contributed by atoms with Gasteiger partial charge in [0.1, 0.15) is 11.5 Å². The van der Waals surface area contributed by atoms with Crippen LogP contribution in [0.2, 0.25) is 0 Å². The molecule has 2 atom stereocenters. The minimum absolute atomic E-state index is 0.0796. The zero-order chi connectivity index (χ0) is 33.3. The van der Waals surface area contributed by atoms with Gasteiger partial charge in [0.2, 0.25) is 0 Å². The molecule has 1 aliphatic heterocycles. The van der Waals surface area contributed by atoms with E-state index in [0.29, 0.717) is 28.7 Å². The lowest BCUT2D eigenvalue weighted by Crippen LogP contribution is -2.28. The summed E-state index contributed by atoms with van der Waals surface area (Å²) in [6, 6.07) is 13.3. The van der Waals surface area contributed by atoms with Crippen molar-refractivity contribution in [1.82, 2.24) is 29.7 Å². The van der Waals surface area contributed by atoms with Crippen molar-refractivity contribution in [2.45, 2.75) is 75.0 Å². The Labute approximate surface area is 283 Å². The topological polar surface area (TPSA) is 110 Å². The highest BCUT2D eigenvalue weighted by atomic mass is 32.2. The number of hydrogen-bond acceptors (Lipinski definition) is 7. The normalized spacial score (nSPS) is 19.4. The number of rotatable bonds is 4. The number of fused-ring (bicyclic) bond motifs is 8. The van der Waals surface area contributed by atoms with Crippen LogP contribution in [0.3, 0.4) is 0 Å². The van der Waals surface area contributed by atoms with Gasteiger partial charge in [-0.25, -0.2) is 14.1 Å². The summed E-state index contributed by atoms with van der Waals surface area (Å²) in [5, 5.41) is 15.5. The molecule has 11 heteroatoms. The Kier molecular flexibility index (Phi) is 9.49. The highest BCUT2D eigenvalue weighted by Gasteiger charge is 2.36. The predicted molar refractivity (Wildman–Crippen MR) is 186 cm³/mol. The standard InChI is InChI=1S/C36H41FN6O2S2/c1-22(33(44)45)18-23-8-6-9-30(40-23)36(4)14-7-13-35(2,3)21-46-17-12-26-25-11-16-38-28(25)20-27(37)31(26)47-24-10-15-39-29(19-24)32-41-34(36)42-43(32)5/h6,8-11,15-16,19-20,22,38H,7,12-14,17-18,21H2,1-5H3,(H,44,45). The summed E-state index contributed by atoms with van der Waals surface area (Å²) in [5.41, 5.74) is 3.52. The molecule has 0 amide bonds. The van der Waals surface area contributed by atoms with Crippen molar-refractivity contribution in [2.75, 3.05) is 11.5 Å². The number of aliphatic carboxylic acids is 1. The van der Waals surface area contributed by atoms with Crippen molar-refractivity contribution >= 4 is 40.4 Å². The Morgan fingerprint density at radius 3 is 2.79 bits per heavy atom. The second kappa shape index (κ2) is 13.4. The summed E-state index contributed by atoms with van der Waals surface area (Å²) in [5.74, 6) is 1.52. The molecule has 5 aromatic rings. The molecule has 0 aliphatic carbocycles. The molecule has 1 aromatic carbocycles. The minimum atomic E-state index is -0.840. The van der Waals surface area contributed by atoms with Gasteiger partial charge in [-0.05, 0) is 85.1 Å². The second-order valence-electron chi connectivity index (χ2n) is 13.6. The van der Waals surface area contributed by atoms with Crippen LogP contribution >= 0.6 is 23.5 Å². The molecule has 1 aliphatic rings. The number of hydrogen-bond donors (Lipinski definition) is 2. The Hall–Kier alpha value is -3.70. The smallest absolute Gasteiger partial charge is 0.306 e. The van der Waals surface area contributed by atoms with E-state index in [0.717, 1.165) is 69.9 Å². The second-order valence-corrected chi connectivity index (χ2v) is 15.8. The SMILES string of the molecule is CC(Cc1cccc(C2(C)CCCC(C)(C)CSCCc3c(c(F)cc4[nH]ccc34)Sc3ccnc(c3)-c3nc2nn3C)n1)C(=O)O. The van der Waals surface area contributed by atoms with E-state index in [1.807, 2.05) is 61.4 Å². The highest BCUT2D eigenvalue weighted by Crippen LogP contribution is 2.41. The third-order valence-electron chi connectivity index (χ3n) is 9.13. The fourth-order valence-electron chi connectivity index (χ4n) is 6.31. The van der Waals surface area contributed by atoms with Gasteiger partial charge in [-0.1, -0.05) is 45.0 Å². The van der Waals surface area contributed by atoms with Gasteiger partial charge in [0, 0.05) is 47.4 Å². The van der Waals surface area contributed by atoms with Crippen molar-refractivity contribution in [3.8, 4) is 11.5 Å². The fourth-order valence-corrected chi connectivity index (χ4v) is 8.53. The summed E-state index contributed by atoms with van der Waals surface area (Å²) in [4.78, 5) is 31.1. The number of aromatic nitrogens is 6. The van der Waals surface area contributed by atoms with Crippen LogP contribution < -0.4 is 0 Å². The number of H-pyrrole nitrogens is 1. The van der Waals surface area contributed by atoms with Gasteiger partial charge in [-0.15, -0.1) is 0 Å². The van der Waals surface area contributed by atoms with Crippen LogP contribution in [-0.2, 0) is 30.1 Å². The molecule has 6 rings (SSSR count). The summed E-state index contributed by atoms with van der Waals surface area (Å²) < 4.78 is 17.5. The van der Waals surface area contributed by atoms with Gasteiger partial charge in [0.15, 0.2) is 11.6 Å². The lowest BCUT2D eigenvalue weighted by molar-refractivity contribution is -0.141. The fraction of sp³-hybridized carbons (Fsp3) is 0.417.